The molecule has 0 fully saturated rings. The fraction of sp³-hybridized carbons (Fsp3) is 0.158. The number of aryl methyl sites for hydroxylation is 1. The van der Waals surface area contributed by atoms with Gasteiger partial charge in [0.25, 0.3) is 5.56 Å². The van der Waals surface area contributed by atoms with Crippen LogP contribution in [0.3, 0.4) is 0 Å². The number of methoxy groups -OCH3 is 1. The number of nitrogens with zero attached hydrogens (tertiary/aromatic N) is 2. The van der Waals surface area contributed by atoms with Crippen molar-refractivity contribution in [2.75, 3.05) is 7.11 Å². The summed E-state index contributed by atoms with van der Waals surface area (Å²) in [6.07, 6.45) is 1.73. The van der Waals surface area contributed by atoms with Gasteiger partial charge in [0.1, 0.15) is 5.75 Å². The highest BCUT2D eigenvalue weighted by Gasteiger charge is 2.17. The molecule has 2 heterocycles. The number of nitrogens with one attached hydrogen (secondary N) is 2. The maximum Gasteiger partial charge on any atom is 0.274 e. The van der Waals surface area contributed by atoms with Crippen molar-refractivity contribution < 1.29 is 4.74 Å². The van der Waals surface area contributed by atoms with Crippen molar-refractivity contribution >= 4 is 33.4 Å². The third kappa shape index (κ3) is 2.37. The maximum absolute atomic E-state index is 12.8. The van der Waals surface area contributed by atoms with Gasteiger partial charge in [-0.15, -0.1) is 0 Å². The number of benzene rings is 2. The van der Waals surface area contributed by atoms with E-state index in [4.69, 9.17) is 21.6 Å². The Balaban J connectivity index is 1.93. The van der Waals surface area contributed by atoms with Gasteiger partial charge < -0.3 is 9.72 Å². The molecule has 130 valence electrons. The van der Waals surface area contributed by atoms with E-state index in [1.165, 1.54) is 4.68 Å². The first-order valence-corrected chi connectivity index (χ1v) is 8.37. The van der Waals surface area contributed by atoms with Crippen LogP contribution in [0.25, 0.3) is 21.8 Å². The van der Waals surface area contributed by atoms with Gasteiger partial charge in [0.2, 0.25) is 0 Å². The monoisotopic (exact) mass is 366 g/mol. The summed E-state index contributed by atoms with van der Waals surface area (Å²) in [4.78, 5) is 15.9. The van der Waals surface area contributed by atoms with Gasteiger partial charge in [-0.2, -0.15) is 5.26 Å². The standard InChI is InChI=1S/C19H15ClN4O2/c1-10-5-16(26-2)13(17-14(20)8-22-18(10)17)9-24-19(25)12-6-11(7-21)3-4-15(12)23-24/h3-6,8,22-23H,9H2,1-2H3. The van der Waals surface area contributed by atoms with Crippen molar-refractivity contribution in [3.05, 3.63) is 62.5 Å². The summed E-state index contributed by atoms with van der Waals surface area (Å²) in [6.45, 7) is 2.24. The second-order valence-electron chi connectivity index (χ2n) is 6.14. The van der Waals surface area contributed by atoms with E-state index in [-0.39, 0.29) is 12.1 Å². The summed E-state index contributed by atoms with van der Waals surface area (Å²) in [5.74, 6) is 0.666. The van der Waals surface area contributed by atoms with E-state index in [0.717, 1.165) is 22.0 Å². The average molecular weight is 367 g/mol. The summed E-state index contributed by atoms with van der Waals surface area (Å²) < 4.78 is 7.04. The van der Waals surface area contributed by atoms with Crippen molar-refractivity contribution in [1.82, 2.24) is 14.8 Å². The molecular formula is C19H15ClN4O2. The van der Waals surface area contributed by atoms with Gasteiger partial charge in [0.15, 0.2) is 0 Å². The lowest BCUT2D eigenvalue weighted by molar-refractivity contribution is 0.408. The molecule has 2 N–H and O–H groups in total. The summed E-state index contributed by atoms with van der Waals surface area (Å²) in [6, 6.07) is 8.98. The molecule has 0 amide bonds. The van der Waals surface area contributed by atoms with Gasteiger partial charge in [-0.1, -0.05) is 11.6 Å². The Hall–Kier alpha value is -3.17. The number of ether oxygens (including phenoxy) is 1. The van der Waals surface area contributed by atoms with Crippen LogP contribution in [-0.4, -0.2) is 21.9 Å². The first-order valence-electron chi connectivity index (χ1n) is 7.99. The first kappa shape index (κ1) is 16.3. The lowest BCUT2D eigenvalue weighted by atomic mass is 10.0. The number of fused-ring (bicyclic) bond motifs is 2. The van der Waals surface area contributed by atoms with E-state index in [9.17, 15) is 4.79 Å². The summed E-state index contributed by atoms with van der Waals surface area (Å²) in [5.41, 5.74) is 3.67. The molecule has 0 aliphatic heterocycles. The Kier molecular flexibility index (Phi) is 3.74. The molecule has 7 heteroatoms. The van der Waals surface area contributed by atoms with E-state index in [1.54, 1.807) is 31.5 Å². The van der Waals surface area contributed by atoms with E-state index in [0.29, 0.717) is 27.2 Å². The van der Waals surface area contributed by atoms with Crippen LogP contribution in [0.4, 0.5) is 0 Å². The number of aromatic amines is 2. The van der Waals surface area contributed by atoms with Crippen LogP contribution in [-0.2, 0) is 6.54 Å². The molecule has 0 aliphatic rings. The van der Waals surface area contributed by atoms with Gasteiger partial charge in [-0.25, -0.2) is 4.68 Å². The van der Waals surface area contributed by atoms with Crippen molar-refractivity contribution in [1.29, 1.82) is 5.26 Å². The lowest BCUT2D eigenvalue weighted by Gasteiger charge is -2.12. The minimum atomic E-state index is -0.195. The number of halogens is 1. The van der Waals surface area contributed by atoms with Crippen LogP contribution in [0, 0.1) is 18.3 Å². The fourth-order valence-electron chi connectivity index (χ4n) is 3.32. The van der Waals surface area contributed by atoms with Crippen molar-refractivity contribution in [2.24, 2.45) is 0 Å². The molecular weight excluding hydrogens is 352 g/mol. The van der Waals surface area contributed by atoms with E-state index >= 15 is 0 Å². The van der Waals surface area contributed by atoms with Gasteiger partial charge in [-0.05, 0) is 36.8 Å². The second kappa shape index (κ2) is 5.97. The zero-order chi connectivity index (χ0) is 18.4. The second-order valence-corrected chi connectivity index (χ2v) is 6.54. The molecule has 2 aromatic heterocycles. The van der Waals surface area contributed by atoms with Crippen LogP contribution in [0.1, 0.15) is 16.7 Å². The normalized spacial score (nSPS) is 11.2. The highest BCUT2D eigenvalue weighted by molar-refractivity contribution is 6.36. The van der Waals surface area contributed by atoms with Crippen LogP contribution in [0.2, 0.25) is 5.02 Å². The maximum atomic E-state index is 12.8. The number of hydrogen-bond acceptors (Lipinski definition) is 3. The molecule has 4 rings (SSSR count). The zero-order valence-corrected chi connectivity index (χ0v) is 14.9. The number of hydrogen-bond donors (Lipinski definition) is 2. The fourth-order valence-corrected chi connectivity index (χ4v) is 3.59. The number of aromatic nitrogens is 3. The minimum absolute atomic E-state index is 0.195. The highest BCUT2D eigenvalue weighted by atomic mass is 35.5. The summed E-state index contributed by atoms with van der Waals surface area (Å²) >= 11 is 6.38. The van der Waals surface area contributed by atoms with Crippen molar-refractivity contribution in [2.45, 2.75) is 13.5 Å². The third-order valence-electron chi connectivity index (χ3n) is 4.59. The number of rotatable bonds is 3. The molecule has 6 nitrogen and oxygen atoms in total. The van der Waals surface area contributed by atoms with Gasteiger partial charge in [0, 0.05) is 17.1 Å². The SMILES string of the molecule is COc1cc(C)c2[nH]cc(Cl)c2c1Cn1[nH]c2ccc(C#N)cc2c1=O. The zero-order valence-electron chi connectivity index (χ0n) is 14.2. The smallest absolute Gasteiger partial charge is 0.274 e. The first-order chi connectivity index (χ1) is 12.5. The number of H-pyrrole nitrogens is 2. The predicted octanol–water partition coefficient (Wildman–Crippen LogP) is 3.70. The van der Waals surface area contributed by atoms with Gasteiger partial charge in [0.05, 0.1) is 46.7 Å². The lowest BCUT2D eigenvalue weighted by Crippen LogP contribution is -2.18. The Morgan fingerprint density at radius 2 is 2.15 bits per heavy atom. The Morgan fingerprint density at radius 3 is 2.88 bits per heavy atom. The summed E-state index contributed by atoms with van der Waals surface area (Å²) in [7, 11) is 1.60. The third-order valence-corrected chi connectivity index (χ3v) is 4.89. The Morgan fingerprint density at radius 1 is 1.35 bits per heavy atom. The van der Waals surface area contributed by atoms with E-state index in [1.807, 2.05) is 13.0 Å². The molecule has 0 unspecified atom stereocenters. The molecule has 0 atom stereocenters. The average Bonchev–Trinajstić information content (AvgIpc) is 3.18. The molecule has 0 bridgehead atoms. The van der Waals surface area contributed by atoms with Crippen molar-refractivity contribution in [3.8, 4) is 11.8 Å². The molecule has 26 heavy (non-hydrogen) atoms. The molecule has 2 aromatic carbocycles. The number of nitriles is 1. The quantitative estimate of drug-likeness (QED) is 0.579. The molecule has 0 saturated carbocycles. The van der Waals surface area contributed by atoms with Crippen LogP contribution in [0.5, 0.6) is 5.75 Å². The van der Waals surface area contributed by atoms with Crippen LogP contribution >= 0.6 is 11.6 Å². The van der Waals surface area contributed by atoms with Crippen LogP contribution < -0.4 is 10.3 Å². The summed E-state index contributed by atoms with van der Waals surface area (Å²) in [5, 5.41) is 14.0. The van der Waals surface area contributed by atoms with Gasteiger partial charge >= 0.3 is 0 Å². The molecule has 0 spiro atoms. The molecule has 0 radical (unpaired) electrons. The molecule has 4 aromatic rings. The van der Waals surface area contributed by atoms with Gasteiger partial charge in [-0.3, -0.25) is 9.89 Å². The topological polar surface area (TPSA) is 86.6 Å². The minimum Gasteiger partial charge on any atom is -0.496 e. The molecule has 0 aliphatic carbocycles. The van der Waals surface area contributed by atoms with E-state index < -0.39 is 0 Å². The van der Waals surface area contributed by atoms with Crippen molar-refractivity contribution in [3.63, 3.8) is 0 Å². The largest absolute Gasteiger partial charge is 0.496 e. The van der Waals surface area contributed by atoms with E-state index in [2.05, 4.69) is 16.2 Å². The predicted molar refractivity (Wildman–Crippen MR) is 101 cm³/mol. The molecule has 0 saturated heterocycles. The highest BCUT2D eigenvalue weighted by Crippen LogP contribution is 2.35. The van der Waals surface area contributed by atoms with Crippen LogP contribution in [0.15, 0.2) is 35.3 Å². The Bertz CT molecular complexity index is 1260. The Labute approximate surface area is 153 Å².